The molecule has 10 aromatic carbocycles. The molecule has 43 heteroatoms. The van der Waals surface area contributed by atoms with Crippen LogP contribution in [0, 0.1) is 90.0 Å². The zero-order valence-electron chi connectivity index (χ0n) is 78.5. The second-order valence-corrected chi connectivity index (χ2v) is 40.5. The molecular weight excluding hydrogens is 1940 g/mol. The molecule has 6 aliphatic rings. The number of fused-ring (bicyclic) bond motifs is 6. The summed E-state index contributed by atoms with van der Waals surface area (Å²) in [6, 6.07) is 21.4. The largest absolute Gasteiger partial charge is 0.416 e. The van der Waals surface area contributed by atoms with Crippen LogP contribution in [0.15, 0.2) is 142 Å². The summed E-state index contributed by atoms with van der Waals surface area (Å²) in [5.41, 5.74) is -12.2. The number of alkyl halides is 12. The lowest BCUT2D eigenvalue weighted by Gasteiger charge is -2.33. The van der Waals surface area contributed by atoms with Crippen LogP contribution >= 0.6 is 0 Å². The van der Waals surface area contributed by atoms with E-state index < -0.39 is 181 Å². The minimum absolute atomic E-state index is 0.00983. The van der Waals surface area contributed by atoms with Crippen molar-refractivity contribution in [3.63, 3.8) is 0 Å². The maximum atomic E-state index is 15.1. The maximum Gasteiger partial charge on any atom is 0.416 e. The summed E-state index contributed by atoms with van der Waals surface area (Å²) >= 11 is 0. The topological polar surface area (TPSA) is 408 Å². The van der Waals surface area contributed by atoms with Gasteiger partial charge in [0.1, 0.15) is 16.2 Å². The van der Waals surface area contributed by atoms with Crippen LogP contribution in [0.1, 0.15) is 267 Å². The van der Waals surface area contributed by atoms with Gasteiger partial charge in [0.15, 0.2) is 0 Å². The summed E-state index contributed by atoms with van der Waals surface area (Å²) in [4.78, 5) is 174. The number of rotatable bonds is 14. The van der Waals surface area contributed by atoms with Gasteiger partial charge in [-0.2, -0.15) is 52.7 Å². The molecule has 5 N–H and O–H groups in total. The van der Waals surface area contributed by atoms with Crippen molar-refractivity contribution in [3.8, 4) is 0 Å². The molecule has 13 amide bonds. The third-order valence-electron chi connectivity index (χ3n) is 28.0. The van der Waals surface area contributed by atoms with Crippen molar-refractivity contribution in [2.75, 3.05) is 35.8 Å². The van der Waals surface area contributed by atoms with Crippen LogP contribution in [0.4, 0.5) is 69.7 Å². The number of hydrogen-bond acceptors (Lipinski definition) is 19. The van der Waals surface area contributed by atoms with Gasteiger partial charge in [-0.05, 0) is 307 Å². The van der Waals surface area contributed by atoms with Crippen molar-refractivity contribution in [2.24, 2.45) is 10.3 Å². The summed E-state index contributed by atoms with van der Waals surface area (Å²) in [5.74, 6) is -11.2. The lowest BCUT2D eigenvalue weighted by atomic mass is 9.74. The number of sulfonamides is 3. The molecule has 10 aromatic rings. The Kier molecular flexibility index (Phi) is 24.8. The van der Waals surface area contributed by atoms with Crippen molar-refractivity contribution in [1.29, 1.82) is 0 Å². The number of amides is 13. The number of nitrogens with two attached hydrogens (primary N) is 2. The third-order valence-corrected chi connectivity index (χ3v) is 32.0. The molecule has 3 unspecified atom stereocenters. The van der Waals surface area contributed by atoms with Gasteiger partial charge in [-0.1, -0.05) is 36.4 Å². The number of carbonyl (C=O) groups excluding carboxylic acids is 13. The quantitative estimate of drug-likeness (QED) is 0.0672. The SMILES string of the molecule is Cc1c(C)c(N2C(=O)c3ccc(C(C)(c4ccc5c(c4)C(=O)N(C)C5=O)C(F)(F)F)cc3C2=O)c(C)c(S(N)(=O)=O)c1C.Cc1c(C)c(N2C(=O)c3ccc(C(C)(c4ccc5c(c4)C(=O)N(C)C5=O)C(F)(F)F)cc3C2=O)c(C)c(S(N)(=O)=O)c1C.Cc1cc(C(=O)NS(=O)(=O)c2c(C)c(C)c(C)c(N3C(=O)c4ccc(C(C)(c5ccc6c(c5)C(=O)N(C)C6=O)C(F)(F)F)cc4C3=O)c2C)cc(C(F)(F)F)c1. The van der Waals surface area contributed by atoms with Gasteiger partial charge in [0.25, 0.3) is 86.8 Å². The van der Waals surface area contributed by atoms with Crippen LogP contribution in [0.2, 0.25) is 0 Å². The molecule has 6 aliphatic heterocycles. The van der Waals surface area contributed by atoms with E-state index in [9.17, 15) is 127 Å². The molecule has 0 bridgehead atoms. The Labute approximate surface area is 802 Å². The number of aryl methyl sites for hydroxylation is 1. The van der Waals surface area contributed by atoms with E-state index in [1.165, 1.54) is 69.6 Å². The van der Waals surface area contributed by atoms with E-state index in [0.717, 1.165) is 167 Å². The highest BCUT2D eigenvalue weighted by atomic mass is 32.2. The molecule has 3 atom stereocenters. The summed E-state index contributed by atoms with van der Waals surface area (Å²) in [5, 5.41) is 10.9. The van der Waals surface area contributed by atoms with Crippen LogP contribution in [0.5, 0.6) is 0 Å². The molecule has 0 saturated heterocycles. The zero-order valence-corrected chi connectivity index (χ0v) is 80.9. The first-order valence-electron chi connectivity index (χ1n) is 42.6. The van der Waals surface area contributed by atoms with E-state index in [4.69, 9.17) is 10.3 Å². The van der Waals surface area contributed by atoms with E-state index >= 15 is 13.2 Å². The first-order chi connectivity index (χ1) is 65.2. The van der Waals surface area contributed by atoms with Gasteiger partial charge in [0.2, 0.25) is 20.0 Å². The normalized spacial score (nSPS) is 16.2. The lowest BCUT2D eigenvalue weighted by Crippen LogP contribution is -2.41. The molecule has 6 heterocycles. The second-order valence-electron chi connectivity index (χ2n) is 35.9. The number of hydrogen-bond donors (Lipinski definition) is 3. The fourth-order valence-electron chi connectivity index (χ4n) is 19.2. The van der Waals surface area contributed by atoms with Crippen molar-refractivity contribution >= 4 is 124 Å². The van der Waals surface area contributed by atoms with E-state index in [-0.39, 0.29) is 149 Å². The number of primary sulfonamides is 2. The summed E-state index contributed by atoms with van der Waals surface area (Å²) in [7, 11) is -9.80. The van der Waals surface area contributed by atoms with Gasteiger partial charge in [-0.15, -0.1) is 0 Å². The summed E-state index contributed by atoms with van der Waals surface area (Å²) < 4.78 is 254. The highest BCUT2D eigenvalue weighted by Gasteiger charge is 2.59. The number of carbonyl (C=O) groups is 13. The standard InChI is InChI=1S/C39H31F6N3O7S.2C30H26F3N3O6S/c1-17-12-22(14-25(13-17)38(40,41)42)32(49)46-56(54,55)31-20(4)18(2)19(3)30(21(31)5)48-35(52)27-11-9-24(16-29(27)36(48)53)37(6,39(43,44)45)23-8-10-26-28(15-23)34(51)47(7)33(26)50;2*1-13-14(2)23(16(4)24(15(13)3)43(34,41)42)36-27(39)20-10-8-18(12-22(20)28(36)40)29(5,30(31,32)33)17-7-9-19-21(11-17)26(38)35(6)25(19)37/h8-16H,1-7H3,(H,46,49);2*7-12H,1-6H3,(H2,34,41,42). The number of nitrogens with one attached hydrogen (secondary N) is 1. The second kappa shape index (κ2) is 34.1. The molecule has 0 fully saturated rings. The fourth-order valence-corrected chi connectivity index (χ4v) is 23.0. The number of halogens is 12. The van der Waals surface area contributed by atoms with Gasteiger partial charge in [-0.3, -0.25) is 77.0 Å². The summed E-state index contributed by atoms with van der Waals surface area (Å²) in [6.45, 7) is 21.8. The van der Waals surface area contributed by atoms with E-state index in [2.05, 4.69) is 0 Å². The molecule has 0 aliphatic carbocycles. The smallest absolute Gasteiger partial charge is 0.277 e. The van der Waals surface area contributed by atoms with Gasteiger partial charge in [0, 0.05) is 26.7 Å². The minimum Gasteiger partial charge on any atom is -0.277 e. The average Bonchev–Trinajstić information content (AvgIpc) is 1.55. The molecule has 0 saturated carbocycles. The van der Waals surface area contributed by atoms with Gasteiger partial charge in [0.05, 0.1) is 104 Å². The predicted molar refractivity (Wildman–Crippen MR) is 489 cm³/mol. The van der Waals surface area contributed by atoms with Crippen LogP contribution < -0.4 is 29.7 Å². The Bertz CT molecular complexity index is 7670. The minimum atomic E-state index is -5.04. The van der Waals surface area contributed by atoms with Gasteiger partial charge >= 0.3 is 24.7 Å². The predicted octanol–water partition coefficient (Wildman–Crippen LogP) is 16.2. The van der Waals surface area contributed by atoms with E-state index in [0.29, 0.717) is 44.3 Å². The highest BCUT2D eigenvalue weighted by molar-refractivity contribution is 7.90. The molecule has 0 radical (unpaired) electrons. The molecule has 142 heavy (non-hydrogen) atoms. The third kappa shape index (κ3) is 15.7. The molecule has 740 valence electrons. The molecular formula is C99H83F12N9O19S3. The number of nitrogens with zero attached hydrogens (tertiary/aromatic N) is 6. The van der Waals surface area contributed by atoms with Crippen molar-refractivity contribution < 1.29 is 140 Å². The van der Waals surface area contributed by atoms with Crippen LogP contribution in [-0.4, -0.2) is 156 Å². The van der Waals surface area contributed by atoms with E-state index in [1.807, 2.05) is 0 Å². The number of benzene rings is 10. The maximum absolute atomic E-state index is 15.1. The Hall–Kier alpha value is -14.6. The van der Waals surface area contributed by atoms with Crippen LogP contribution in [-0.2, 0) is 52.5 Å². The number of imide groups is 6. The van der Waals surface area contributed by atoms with E-state index in [1.54, 1.807) is 46.3 Å². The lowest BCUT2D eigenvalue weighted by molar-refractivity contribution is -0.173. The molecule has 28 nitrogen and oxygen atoms in total. The fraction of sp³-hybridized carbons (Fsp3) is 0.263. The van der Waals surface area contributed by atoms with Crippen LogP contribution in [0.3, 0.4) is 0 Å². The molecule has 0 aromatic heterocycles. The Balaban J connectivity index is 0.000000171. The van der Waals surface area contributed by atoms with Gasteiger partial charge < -0.3 is 0 Å². The monoisotopic (exact) mass is 2030 g/mol. The van der Waals surface area contributed by atoms with Crippen molar-refractivity contribution in [1.82, 2.24) is 19.4 Å². The zero-order chi connectivity index (χ0) is 106. The van der Waals surface area contributed by atoms with Crippen LogP contribution in [0.25, 0.3) is 0 Å². The highest BCUT2D eigenvalue weighted by Crippen LogP contribution is 2.54. The first kappa shape index (κ1) is 103. The van der Waals surface area contributed by atoms with Crippen molar-refractivity contribution in [2.45, 2.75) is 166 Å². The summed E-state index contributed by atoms with van der Waals surface area (Å²) in [6.07, 6.45) is -19.8. The molecule has 16 rings (SSSR count). The molecule has 0 spiro atoms. The Morgan fingerprint density at radius 1 is 0.268 bits per heavy atom. The van der Waals surface area contributed by atoms with Gasteiger partial charge in [-0.25, -0.2) is 55.0 Å². The Morgan fingerprint density at radius 3 is 0.711 bits per heavy atom. The first-order valence-corrected chi connectivity index (χ1v) is 47.1. The number of anilines is 3. The average molecular weight is 2030 g/mol. The Morgan fingerprint density at radius 2 is 0.479 bits per heavy atom. The van der Waals surface area contributed by atoms with Crippen molar-refractivity contribution in [3.05, 3.63) is 311 Å².